The van der Waals surface area contributed by atoms with Gasteiger partial charge >= 0.3 is 23.9 Å². The van der Waals surface area contributed by atoms with Crippen LogP contribution in [0, 0.1) is 23.7 Å². The molecule has 0 N–H and O–H groups in total. The molecule has 0 radical (unpaired) electrons. The molecule has 172 valence electrons. The van der Waals surface area contributed by atoms with Crippen molar-refractivity contribution >= 4 is 35.6 Å². The van der Waals surface area contributed by atoms with Gasteiger partial charge in [0.25, 0.3) is 0 Å². The van der Waals surface area contributed by atoms with Crippen molar-refractivity contribution in [2.24, 2.45) is 23.7 Å². The Morgan fingerprint density at radius 3 is 1.40 bits per heavy atom. The molecule has 0 saturated carbocycles. The van der Waals surface area contributed by atoms with Crippen molar-refractivity contribution in [2.45, 2.75) is 79.1 Å². The Hall–Kier alpha value is -1.77. The number of thioether (sulfide) groups is 1. The Morgan fingerprint density at radius 2 is 0.967 bits per heavy atom. The van der Waals surface area contributed by atoms with E-state index in [1.165, 1.54) is 11.8 Å². The molecule has 0 aromatic carbocycles. The van der Waals surface area contributed by atoms with Gasteiger partial charge in [-0.05, 0) is 0 Å². The molecule has 1 fully saturated rings. The molecule has 4 atom stereocenters. The topological polar surface area (TPSA) is 105 Å². The quantitative estimate of drug-likeness (QED) is 0.411. The fraction of sp³-hybridized carbons (Fsp3) is 0.810. The molecular formula is C21H34O8S. The van der Waals surface area contributed by atoms with E-state index in [9.17, 15) is 19.2 Å². The summed E-state index contributed by atoms with van der Waals surface area (Å²) in [5.74, 6) is -3.44. The highest BCUT2D eigenvalue weighted by molar-refractivity contribution is 7.99. The summed E-state index contributed by atoms with van der Waals surface area (Å²) in [5.41, 5.74) is -0.887. The third-order valence-electron chi connectivity index (χ3n) is 4.27. The van der Waals surface area contributed by atoms with Gasteiger partial charge in [-0.15, -0.1) is 11.8 Å². The van der Waals surface area contributed by atoms with Crippen molar-refractivity contribution in [2.75, 3.05) is 5.75 Å². The zero-order valence-electron chi connectivity index (χ0n) is 19.0. The molecule has 1 aliphatic heterocycles. The van der Waals surface area contributed by atoms with Crippen molar-refractivity contribution in [3.8, 4) is 0 Å². The number of rotatable bonds is 8. The lowest BCUT2D eigenvalue weighted by Crippen LogP contribution is -2.56. The van der Waals surface area contributed by atoms with Crippen LogP contribution in [0.25, 0.3) is 0 Å². The minimum atomic E-state index is -1.10. The van der Waals surface area contributed by atoms with Gasteiger partial charge in [0.1, 0.15) is 0 Å². The van der Waals surface area contributed by atoms with Crippen LogP contribution < -0.4 is 0 Å². The van der Waals surface area contributed by atoms with E-state index in [1.54, 1.807) is 55.4 Å². The van der Waals surface area contributed by atoms with Crippen molar-refractivity contribution in [3.05, 3.63) is 0 Å². The average molecular weight is 447 g/mol. The summed E-state index contributed by atoms with van der Waals surface area (Å²) in [4.78, 5) is 49.1. The summed E-state index contributed by atoms with van der Waals surface area (Å²) >= 11 is 1.18. The molecule has 0 bridgehead atoms. The fourth-order valence-electron chi connectivity index (χ4n) is 2.29. The zero-order chi connectivity index (χ0) is 23.2. The molecule has 0 aliphatic carbocycles. The molecule has 1 heterocycles. The van der Waals surface area contributed by atoms with E-state index >= 15 is 0 Å². The third-order valence-corrected chi connectivity index (χ3v) is 5.49. The van der Waals surface area contributed by atoms with E-state index in [0.29, 0.717) is 0 Å². The Kier molecular flexibility index (Phi) is 10.1. The first-order valence-corrected chi connectivity index (χ1v) is 11.3. The van der Waals surface area contributed by atoms with E-state index in [-0.39, 0.29) is 17.6 Å². The molecule has 0 aromatic heterocycles. The van der Waals surface area contributed by atoms with Gasteiger partial charge in [0.2, 0.25) is 0 Å². The normalized spacial score (nSPS) is 24.1. The van der Waals surface area contributed by atoms with Crippen molar-refractivity contribution in [1.82, 2.24) is 0 Å². The maximum absolute atomic E-state index is 12.4. The molecule has 1 rings (SSSR count). The van der Waals surface area contributed by atoms with E-state index in [2.05, 4.69) is 0 Å². The summed E-state index contributed by atoms with van der Waals surface area (Å²) in [7, 11) is 0. The molecule has 9 heteroatoms. The van der Waals surface area contributed by atoms with Gasteiger partial charge in [-0.25, -0.2) is 0 Å². The molecule has 1 aliphatic rings. The van der Waals surface area contributed by atoms with Crippen LogP contribution in [-0.2, 0) is 38.1 Å². The second-order valence-electron chi connectivity index (χ2n) is 8.54. The summed E-state index contributed by atoms with van der Waals surface area (Å²) in [6.07, 6.45) is -3.03. The molecule has 1 saturated heterocycles. The number of carbonyl (C=O) groups is 4. The van der Waals surface area contributed by atoms with E-state index in [1.807, 2.05) is 0 Å². The largest absolute Gasteiger partial charge is 0.457 e. The Morgan fingerprint density at radius 1 is 0.600 bits per heavy atom. The third kappa shape index (κ3) is 7.49. The van der Waals surface area contributed by atoms with Crippen LogP contribution in [0.4, 0.5) is 0 Å². The van der Waals surface area contributed by atoms with Crippen molar-refractivity contribution in [1.29, 1.82) is 0 Å². The van der Waals surface area contributed by atoms with Gasteiger partial charge in [-0.3, -0.25) is 19.2 Å². The Bertz CT molecular complexity index is 574. The SMILES string of the molecule is CC(C)C(=O)OC1SC[C@@H](OC(=O)C(C)C)[C@H](OC(=O)C(C)C)[C@H]1OC(=O)C(C)C. The summed E-state index contributed by atoms with van der Waals surface area (Å²) in [6.45, 7) is 13.4. The Balaban J connectivity index is 3.25. The molecule has 30 heavy (non-hydrogen) atoms. The van der Waals surface area contributed by atoms with Crippen LogP contribution in [0.5, 0.6) is 0 Å². The minimum Gasteiger partial charge on any atom is -0.457 e. The smallest absolute Gasteiger partial charge is 0.309 e. The first-order chi connectivity index (χ1) is 13.8. The minimum absolute atomic E-state index is 0.222. The van der Waals surface area contributed by atoms with Gasteiger partial charge in [0, 0.05) is 5.75 Å². The van der Waals surface area contributed by atoms with E-state index < -0.39 is 59.5 Å². The predicted molar refractivity (Wildman–Crippen MR) is 111 cm³/mol. The second-order valence-corrected chi connectivity index (χ2v) is 9.67. The van der Waals surface area contributed by atoms with Crippen LogP contribution in [0.15, 0.2) is 0 Å². The van der Waals surface area contributed by atoms with Crippen LogP contribution >= 0.6 is 11.8 Å². The fourth-order valence-corrected chi connectivity index (χ4v) is 3.49. The first-order valence-electron chi connectivity index (χ1n) is 10.3. The summed E-state index contributed by atoms with van der Waals surface area (Å²) in [5, 5.41) is 0. The van der Waals surface area contributed by atoms with E-state index in [4.69, 9.17) is 18.9 Å². The maximum atomic E-state index is 12.4. The van der Waals surface area contributed by atoms with Crippen molar-refractivity contribution < 1.29 is 38.1 Å². The number of hydrogen-bond acceptors (Lipinski definition) is 9. The molecule has 8 nitrogen and oxygen atoms in total. The zero-order valence-corrected chi connectivity index (χ0v) is 19.8. The monoisotopic (exact) mass is 446 g/mol. The highest BCUT2D eigenvalue weighted by atomic mass is 32.2. The van der Waals surface area contributed by atoms with Crippen LogP contribution in [0.1, 0.15) is 55.4 Å². The van der Waals surface area contributed by atoms with Crippen molar-refractivity contribution in [3.63, 3.8) is 0 Å². The molecule has 1 unspecified atom stereocenters. The number of ether oxygens (including phenoxy) is 4. The lowest BCUT2D eigenvalue weighted by molar-refractivity contribution is -0.198. The van der Waals surface area contributed by atoms with Crippen LogP contribution in [-0.4, -0.2) is 53.4 Å². The predicted octanol–water partition coefficient (Wildman–Crippen LogP) is 2.96. The Labute approximate surface area is 182 Å². The summed E-state index contributed by atoms with van der Waals surface area (Å²) in [6, 6.07) is 0. The van der Waals surface area contributed by atoms with Gasteiger partial charge in [0.05, 0.1) is 23.7 Å². The lowest BCUT2D eigenvalue weighted by atomic mass is 10.1. The molecular weight excluding hydrogens is 412 g/mol. The van der Waals surface area contributed by atoms with E-state index in [0.717, 1.165) is 0 Å². The molecule has 0 aromatic rings. The lowest BCUT2D eigenvalue weighted by Gasteiger charge is -2.40. The number of carbonyl (C=O) groups excluding carboxylic acids is 4. The highest BCUT2D eigenvalue weighted by Gasteiger charge is 2.49. The number of esters is 4. The second kappa shape index (κ2) is 11.6. The van der Waals surface area contributed by atoms with Gasteiger partial charge < -0.3 is 18.9 Å². The molecule has 0 spiro atoms. The van der Waals surface area contributed by atoms with Crippen LogP contribution in [0.2, 0.25) is 0 Å². The average Bonchev–Trinajstić information content (AvgIpc) is 2.64. The van der Waals surface area contributed by atoms with Gasteiger partial charge in [-0.2, -0.15) is 0 Å². The number of hydrogen-bond donors (Lipinski definition) is 0. The standard InChI is InChI=1S/C21H34O8S/c1-10(2)17(22)26-14-9-30-21(29-20(25)13(7)8)16(28-19(24)12(5)6)15(14)27-18(23)11(3)4/h10-16,21H,9H2,1-8H3/t14-,15+,16-,21?/m1/s1. The molecule has 0 amide bonds. The summed E-state index contributed by atoms with van der Waals surface area (Å²) < 4.78 is 22.3. The first kappa shape index (κ1) is 26.3. The van der Waals surface area contributed by atoms with Crippen LogP contribution in [0.3, 0.4) is 0 Å². The van der Waals surface area contributed by atoms with Gasteiger partial charge in [-0.1, -0.05) is 55.4 Å². The van der Waals surface area contributed by atoms with Gasteiger partial charge in [0.15, 0.2) is 23.7 Å². The highest BCUT2D eigenvalue weighted by Crippen LogP contribution is 2.34. The maximum Gasteiger partial charge on any atom is 0.309 e.